The minimum atomic E-state index is -0.134. The molecule has 0 radical (unpaired) electrons. The normalized spacial score (nSPS) is 23.5. The van der Waals surface area contributed by atoms with Crippen LogP contribution in [-0.4, -0.2) is 83.8 Å². The van der Waals surface area contributed by atoms with Crippen LogP contribution in [0.4, 0.5) is 4.79 Å². The first-order valence-electron chi connectivity index (χ1n) is 8.91. The molecular weight excluding hydrogens is 324 g/mol. The Labute approximate surface area is 148 Å². The van der Waals surface area contributed by atoms with Crippen LogP contribution in [0.5, 0.6) is 0 Å². The van der Waals surface area contributed by atoms with Crippen molar-refractivity contribution in [1.29, 1.82) is 0 Å². The van der Waals surface area contributed by atoms with E-state index in [-0.39, 0.29) is 12.2 Å². The van der Waals surface area contributed by atoms with Crippen molar-refractivity contribution in [3.8, 4) is 0 Å². The van der Waals surface area contributed by atoms with Crippen molar-refractivity contribution in [2.45, 2.75) is 38.8 Å². The number of piperazine rings is 1. The smallest absolute Gasteiger partial charge is 0.410 e. The van der Waals surface area contributed by atoms with E-state index in [1.165, 1.54) is 0 Å². The summed E-state index contributed by atoms with van der Waals surface area (Å²) >= 11 is 1.78. The molecule has 0 aromatic heterocycles. The molecule has 0 N–H and O–H groups in total. The molecule has 0 aliphatic carbocycles. The van der Waals surface area contributed by atoms with Gasteiger partial charge in [0.2, 0.25) is 0 Å². The Morgan fingerprint density at radius 2 is 1.92 bits per heavy atom. The minimum Gasteiger partial charge on any atom is -0.446 e. The van der Waals surface area contributed by atoms with Gasteiger partial charge in [-0.2, -0.15) is 0 Å². The molecule has 0 bridgehead atoms. The lowest BCUT2D eigenvalue weighted by atomic mass is 10.1. The SMILES string of the molecule is CC(C)N1CCN(C(=O)OC2CCN(C3=NC=CSC3)CC2)CC1. The van der Waals surface area contributed by atoms with Crippen molar-refractivity contribution in [3.63, 3.8) is 0 Å². The molecule has 7 heteroatoms. The first-order chi connectivity index (χ1) is 11.6. The van der Waals surface area contributed by atoms with E-state index in [0.29, 0.717) is 6.04 Å². The number of carbonyl (C=O) groups excluding carboxylic acids is 1. The molecule has 3 aliphatic heterocycles. The molecule has 3 heterocycles. The van der Waals surface area contributed by atoms with Gasteiger partial charge in [-0.15, -0.1) is 11.8 Å². The maximum Gasteiger partial charge on any atom is 0.410 e. The largest absolute Gasteiger partial charge is 0.446 e. The molecule has 0 aromatic carbocycles. The topological polar surface area (TPSA) is 48.4 Å². The van der Waals surface area contributed by atoms with E-state index in [9.17, 15) is 4.79 Å². The number of aliphatic imine (C=N–C) groups is 1. The number of likely N-dealkylation sites (tertiary alicyclic amines) is 1. The van der Waals surface area contributed by atoms with Crippen molar-refractivity contribution in [2.24, 2.45) is 4.99 Å². The van der Waals surface area contributed by atoms with E-state index in [1.807, 2.05) is 16.5 Å². The van der Waals surface area contributed by atoms with Crippen LogP contribution in [0.25, 0.3) is 0 Å². The van der Waals surface area contributed by atoms with Crippen LogP contribution in [0.2, 0.25) is 0 Å². The molecule has 134 valence electrons. The third-order valence-corrected chi connectivity index (χ3v) is 5.71. The second-order valence-corrected chi connectivity index (χ2v) is 7.72. The van der Waals surface area contributed by atoms with Crippen LogP contribution in [0.1, 0.15) is 26.7 Å². The Hall–Kier alpha value is -1.21. The molecule has 2 saturated heterocycles. The number of hydrogen-bond donors (Lipinski definition) is 0. The Balaban J connectivity index is 1.40. The van der Waals surface area contributed by atoms with E-state index in [0.717, 1.165) is 63.7 Å². The lowest BCUT2D eigenvalue weighted by Gasteiger charge is -2.38. The second-order valence-electron chi connectivity index (χ2n) is 6.83. The number of thioether (sulfide) groups is 1. The number of rotatable bonds is 2. The van der Waals surface area contributed by atoms with Crippen molar-refractivity contribution < 1.29 is 9.53 Å². The van der Waals surface area contributed by atoms with E-state index >= 15 is 0 Å². The first kappa shape index (κ1) is 17.6. The summed E-state index contributed by atoms with van der Waals surface area (Å²) in [6.07, 6.45) is 3.57. The molecule has 0 unspecified atom stereocenters. The van der Waals surface area contributed by atoms with Gasteiger partial charge in [0.25, 0.3) is 0 Å². The summed E-state index contributed by atoms with van der Waals surface area (Å²) in [5, 5.41) is 2.02. The highest BCUT2D eigenvalue weighted by Crippen LogP contribution is 2.19. The summed E-state index contributed by atoms with van der Waals surface area (Å²) in [4.78, 5) is 23.4. The molecule has 6 nitrogen and oxygen atoms in total. The number of amides is 1. The Kier molecular flexibility index (Phi) is 6.05. The predicted octanol–water partition coefficient (Wildman–Crippen LogP) is 2.23. The Bertz CT molecular complexity index is 493. The fourth-order valence-corrected chi connectivity index (χ4v) is 4.01. The summed E-state index contributed by atoms with van der Waals surface area (Å²) in [6, 6.07) is 0.545. The van der Waals surface area contributed by atoms with Crippen LogP contribution in [0.15, 0.2) is 16.6 Å². The lowest BCUT2D eigenvalue weighted by Crippen LogP contribution is -2.51. The van der Waals surface area contributed by atoms with Gasteiger partial charge in [0, 0.05) is 64.4 Å². The average molecular weight is 353 g/mol. The van der Waals surface area contributed by atoms with Crippen molar-refractivity contribution in [2.75, 3.05) is 45.0 Å². The molecule has 3 aliphatic rings. The summed E-state index contributed by atoms with van der Waals surface area (Å²) in [6.45, 7) is 9.68. The maximum atomic E-state index is 12.4. The predicted molar refractivity (Wildman–Crippen MR) is 98.4 cm³/mol. The number of amidine groups is 1. The van der Waals surface area contributed by atoms with Crippen LogP contribution in [0, 0.1) is 0 Å². The van der Waals surface area contributed by atoms with E-state index in [2.05, 4.69) is 28.6 Å². The standard InChI is InChI=1S/C17H28N4O2S/c1-14(2)19-8-10-21(11-9-19)17(22)23-15-3-6-20(7-4-15)16-13-24-12-5-18-16/h5,12,14-15H,3-4,6-11,13H2,1-2H3. The van der Waals surface area contributed by atoms with E-state index in [1.54, 1.807) is 11.8 Å². The van der Waals surface area contributed by atoms with Crippen molar-refractivity contribution in [1.82, 2.24) is 14.7 Å². The van der Waals surface area contributed by atoms with Gasteiger partial charge in [0.15, 0.2) is 0 Å². The monoisotopic (exact) mass is 352 g/mol. The van der Waals surface area contributed by atoms with Gasteiger partial charge >= 0.3 is 6.09 Å². The van der Waals surface area contributed by atoms with Crippen LogP contribution < -0.4 is 0 Å². The van der Waals surface area contributed by atoms with Gasteiger partial charge < -0.3 is 14.5 Å². The summed E-state index contributed by atoms with van der Waals surface area (Å²) in [7, 11) is 0. The van der Waals surface area contributed by atoms with Crippen molar-refractivity contribution in [3.05, 3.63) is 11.6 Å². The lowest BCUT2D eigenvalue weighted by molar-refractivity contribution is 0.0241. The van der Waals surface area contributed by atoms with Crippen LogP contribution in [-0.2, 0) is 4.74 Å². The average Bonchev–Trinajstić information content (AvgIpc) is 2.63. The van der Waals surface area contributed by atoms with Gasteiger partial charge in [-0.25, -0.2) is 9.79 Å². The summed E-state index contributed by atoms with van der Waals surface area (Å²) in [5.74, 6) is 2.10. The number of ether oxygens (including phenoxy) is 1. The fourth-order valence-electron chi connectivity index (χ4n) is 3.36. The zero-order valence-electron chi connectivity index (χ0n) is 14.7. The maximum absolute atomic E-state index is 12.4. The molecule has 0 aromatic rings. The number of nitrogens with zero attached hydrogens (tertiary/aromatic N) is 4. The van der Waals surface area contributed by atoms with Gasteiger partial charge in [0.1, 0.15) is 11.9 Å². The zero-order chi connectivity index (χ0) is 16.9. The van der Waals surface area contributed by atoms with Gasteiger partial charge in [-0.3, -0.25) is 4.90 Å². The number of hydrogen-bond acceptors (Lipinski definition) is 6. The minimum absolute atomic E-state index is 0.0456. The molecule has 2 fully saturated rings. The highest BCUT2D eigenvalue weighted by Gasteiger charge is 2.28. The second kappa shape index (κ2) is 8.25. The third kappa shape index (κ3) is 4.45. The van der Waals surface area contributed by atoms with Gasteiger partial charge in [-0.1, -0.05) is 0 Å². The molecule has 0 saturated carbocycles. The van der Waals surface area contributed by atoms with E-state index in [4.69, 9.17) is 4.74 Å². The number of piperidine rings is 1. The summed E-state index contributed by atoms with van der Waals surface area (Å²) in [5.41, 5.74) is 0. The summed E-state index contributed by atoms with van der Waals surface area (Å²) < 4.78 is 5.74. The van der Waals surface area contributed by atoms with Crippen molar-refractivity contribution >= 4 is 23.7 Å². The molecule has 24 heavy (non-hydrogen) atoms. The molecular formula is C17H28N4O2S. The number of carbonyl (C=O) groups is 1. The highest BCUT2D eigenvalue weighted by atomic mass is 32.2. The van der Waals surface area contributed by atoms with Gasteiger partial charge in [0.05, 0.1) is 5.75 Å². The Morgan fingerprint density at radius 1 is 1.21 bits per heavy atom. The molecule has 1 amide bonds. The van der Waals surface area contributed by atoms with Gasteiger partial charge in [-0.05, 0) is 19.3 Å². The fraction of sp³-hybridized carbons (Fsp3) is 0.765. The van der Waals surface area contributed by atoms with Crippen LogP contribution in [0.3, 0.4) is 0 Å². The zero-order valence-corrected chi connectivity index (χ0v) is 15.5. The van der Waals surface area contributed by atoms with E-state index < -0.39 is 0 Å². The third-order valence-electron chi connectivity index (χ3n) is 4.97. The van der Waals surface area contributed by atoms with Crippen LogP contribution >= 0.6 is 11.8 Å². The first-order valence-corrected chi connectivity index (χ1v) is 9.96. The molecule has 0 spiro atoms. The molecule has 0 atom stereocenters. The molecule has 3 rings (SSSR count). The highest BCUT2D eigenvalue weighted by molar-refractivity contribution is 8.02. The Morgan fingerprint density at radius 3 is 2.50 bits per heavy atom. The quantitative estimate of drug-likeness (QED) is 0.763.